The Balaban J connectivity index is 2.00. The molecule has 1 fully saturated rings. The Labute approximate surface area is 118 Å². The molecule has 1 aromatic carbocycles. The molecule has 1 heteroatoms. The smallest absolute Gasteiger partial charge is 0.0608 e. The Hall–Kier alpha value is -0.820. The molecule has 0 aromatic heterocycles. The van der Waals surface area contributed by atoms with E-state index >= 15 is 0 Å². The molecule has 106 valence electrons. The van der Waals surface area contributed by atoms with E-state index in [1.807, 2.05) is 0 Å². The molecular weight excluding hydrogens is 232 g/mol. The van der Waals surface area contributed by atoms with Gasteiger partial charge < -0.3 is 5.11 Å². The molecule has 19 heavy (non-hydrogen) atoms. The van der Waals surface area contributed by atoms with Gasteiger partial charge in [-0.25, -0.2) is 0 Å². The van der Waals surface area contributed by atoms with E-state index in [2.05, 4.69) is 39.0 Å². The number of aliphatic hydroxyl groups is 1. The molecule has 3 unspecified atom stereocenters. The molecule has 3 atom stereocenters. The van der Waals surface area contributed by atoms with Crippen molar-refractivity contribution in [3.63, 3.8) is 0 Å². The normalized spacial score (nSPS) is 25.3. The summed E-state index contributed by atoms with van der Waals surface area (Å²) >= 11 is 0. The molecule has 0 radical (unpaired) electrons. The van der Waals surface area contributed by atoms with Crippen LogP contribution in [0, 0.1) is 25.7 Å². The molecule has 0 heterocycles. The van der Waals surface area contributed by atoms with Crippen LogP contribution in [0.3, 0.4) is 0 Å². The first-order chi connectivity index (χ1) is 9.10. The van der Waals surface area contributed by atoms with E-state index in [9.17, 15) is 5.11 Å². The molecular formula is C18H28O. The van der Waals surface area contributed by atoms with Crippen LogP contribution < -0.4 is 0 Å². The van der Waals surface area contributed by atoms with E-state index in [1.165, 1.54) is 48.8 Å². The fraction of sp³-hybridized carbons (Fsp3) is 0.667. The second kappa shape index (κ2) is 6.56. The Morgan fingerprint density at radius 1 is 1.26 bits per heavy atom. The molecule has 0 bridgehead atoms. The third-order valence-corrected chi connectivity index (χ3v) is 4.88. The van der Waals surface area contributed by atoms with Gasteiger partial charge in [-0.05, 0) is 56.1 Å². The third-order valence-electron chi connectivity index (χ3n) is 4.88. The summed E-state index contributed by atoms with van der Waals surface area (Å²) in [6.07, 6.45) is 7.04. The first-order valence-electron chi connectivity index (χ1n) is 7.84. The lowest BCUT2D eigenvalue weighted by Gasteiger charge is -2.32. The molecule has 1 nitrogen and oxygen atoms in total. The summed E-state index contributed by atoms with van der Waals surface area (Å²) in [5, 5.41) is 10.6. The van der Waals surface area contributed by atoms with E-state index < -0.39 is 0 Å². The highest BCUT2D eigenvalue weighted by Gasteiger charge is 2.26. The SMILES string of the molecule is CCC1CCCC(C(O)Cc2cc(C)ccc2C)C1. The first kappa shape index (κ1) is 14.6. The second-order valence-electron chi connectivity index (χ2n) is 6.40. The van der Waals surface area contributed by atoms with Crippen LogP contribution in [0.15, 0.2) is 18.2 Å². The van der Waals surface area contributed by atoms with Crippen LogP contribution >= 0.6 is 0 Å². The fourth-order valence-corrected chi connectivity index (χ4v) is 3.46. The van der Waals surface area contributed by atoms with Crippen molar-refractivity contribution in [1.82, 2.24) is 0 Å². The average molecular weight is 260 g/mol. The summed E-state index contributed by atoms with van der Waals surface area (Å²) in [4.78, 5) is 0. The topological polar surface area (TPSA) is 20.2 Å². The molecule has 1 aromatic rings. The lowest BCUT2D eigenvalue weighted by molar-refractivity contribution is 0.0684. The van der Waals surface area contributed by atoms with Gasteiger partial charge in [-0.1, -0.05) is 49.9 Å². The zero-order valence-electron chi connectivity index (χ0n) is 12.7. The zero-order valence-corrected chi connectivity index (χ0v) is 12.7. The van der Waals surface area contributed by atoms with Gasteiger partial charge in [-0.15, -0.1) is 0 Å². The van der Waals surface area contributed by atoms with Crippen LogP contribution in [0.5, 0.6) is 0 Å². The molecule has 1 N–H and O–H groups in total. The number of aryl methyl sites for hydroxylation is 2. The van der Waals surface area contributed by atoms with E-state index in [-0.39, 0.29) is 6.10 Å². The number of aliphatic hydroxyl groups excluding tert-OH is 1. The van der Waals surface area contributed by atoms with Crippen LogP contribution in [0.4, 0.5) is 0 Å². The van der Waals surface area contributed by atoms with Crippen molar-refractivity contribution in [1.29, 1.82) is 0 Å². The lowest BCUT2D eigenvalue weighted by Crippen LogP contribution is -2.28. The summed E-state index contributed by atoms with van der Waals surface area (Å²) in [6, 6.07) is 6.56. The van der Waals surface area contributed by atoms with Crippen LogP contribution in [0.1, 0.15) is 55.7 Å². The number of rotatable bonds is 4. The second-order valence-corrected chi connectivity index (χ2v) is 6.40. The number of hydrogen-bond donors (Lipinski definition) is 1. The Morgan fingerprint density at radius 3 is 2.79 bits per heavy atom. The molecule has 0 saturated heterocycles. The highest BCUT2D eigenvalue weighted by molar-refractivity contribution is 5.31. The van der Waals surface area contributed by atoms with Crippen molar-refractivity contribution < 1.29 is 5.11 Å². The number of benzene rings is 1. The number of hydrogen-bond acceptors (Lipinski definition) is 1. The van der Waals surface area contributed by atoms with Crippen molar-refractivity contribution in [2.24, 2.45) is 11.8 Å². The molecule has 1 aliphatic carbocycles. The van der Waals surface area contributed by atoms with Crippen molar-refractivity contribution in [2.75, 3.05) is 0 Å². The summed E-state index contributed by atoms with van der Waals surface area (Å²) < 4.78 is 0. The van der Waals surface area contributed by atoms with Gasteiger partial charge in [-0.3, -0.25) is 0 Å². The van der Waals surface area contributed by atoms with Crippen LogP contribution in [0.25, 0.3) is 0 Å². The minimum absolute atomic E-state index is 0.158. The van der Waals surface area contributed by atoms with Gasteiger partial charge in [0, 0.05) is 0 Å². The van der Waals surface area contributed by atoms with Gasteiger partial charge in [0.1, 0.15) is 0 Å². The minimum Gasteiger partial charge on any atom is -0.392 e. The fourth-order valence-electron chi connectivity index (χ4n) is 3.46. The summed E-state index contributed by atoms with van der Waals surface area (Å²) in [5.41, 5.74) is 3.93. The van der Waals surface area contributed by atoms with Crippen LogP contribution in [-0.2, 0) is 6.42 Å². The monoisotopic (exact) mass is 260 g/mol. The van der Waals surface area contributed by atoms with Crippen molar-refractivity contribution in [2.45, 2.75) is 65.4 Å². The van der Waals surface area contributed by atoms with Crippen LogP contribution in [0.2, 0.25) is 0 Å². The van der Waals surface area contributed by atoms with E-state index in [0.717, 1.165) is 12.3 Å². The van der Waals surface area contributed by atoms with Gasteiger partial charge in [0.05, 0.1) is 6.10 Å². The Bertz CT molecular complexity index is 410. The molecule has 1 saturated carbocycles. The predicted octanol–water partition coefficient (Wildman–Crippen LogP) is 4.42. The van der Waals surface area contributed by atoms with Gasteiger partial charge in [0.15, 0.2) is 0 Å². The zero-order chi connectivity index (χ0) is 13.8. The molecule has 0 amide bonds. The van der Waals surface area contributed by atoms with Crippen molar-refractivity contribution in [3.05, 3.63) is 34.9 Å². The van der Waals surface area contributed by atoms with Crippen molar-refractivity contribution >= 4 is 0 Å². The van der Waals surface area contributed by atoms with Crippen molar-refractivity contribution in [3.8, 4) is 0 Å². The van der Waals surface area contributed by atoms with Gasteiger partial charge in [-0.2, -0.15) is 0 Å². The standard InChI is InChI=1S/C18H28O/c1-4-15-6-5-7-16(11-15)18(19)12-17-10-13(2)8-9-14(17)3/h8-10,15-16,18-19H,4-7,11-12H2,1-3H3. The maximum Gasteiger partial charge on any atom is 0.0608 e. The van der Waals surface area contributed by atoms with E-state index in [4.69, 9.17) is 0 Å². The highest BCUT2D eigenvalue weighted by atomic mass is 16.3. The van der Waals surface area contributed by atoms with E-state index in [1.54, 1.807) is 0 Å². The molecule has 0 aliphatic heterocycles. The lowest BCUT2D eigenvalue weighted by atomic mass is 9.76. The van der Waals surface area contributed by atoms with Gasteiger partial charge in [0.2, 0.25) is 0 Å². The van der Waals surface area contributed by atoms with Gasteiger partial charge in [0.25, 0.3) is 0 Å². The largest absolute Gasteiger partial charge is 0.392 e. The molecule has 0 spiro atoms. The quantitative estimate of drug-likeness (QED) is 0.849. The minimum atomic E-state index is -0.158. The average Bonchev–Trinajstić information content (AvgIpc) is 2.43. The summed E-state index contributed by atoms with van der Waals surface area (Å²) in [7, 11) is 0. The highest BCUT2D eigenvalue weighted by Crippen LogP contribution is 2.34. The molecule has 2 rings (SSSR count). The maximum atomic E-state index is 10.6. The summed E-state index contributed by atoms with van der Waals surface area (Å²) in [5.74, 6) is 1.35. The summed E-state index contributed by atoms with van der Waals surface area (Å²) in [6.45, 7) is 6.56. The molecule has 1 aliphatic rings. The first-order valence-corrected chi connectivity index (χ1v) is 7.84. The van der Waals surface area contributed by atoms with Gasteiger partial charge >= 0.3 is 0 Å². The maximum absolute atomic E-state index is 10.6. The van der Waals surface area contributed by atoms with E-state index in [0.29, 0.717) is 5.92 Å². The third kappa shape index (κ3) is 3.82. The Kier molecular flexibility index (Phi) is 5.04. The predicted molar refractivity (Wildman–Crippen MR) is 81.4 cm³/mol. The Morgan fingerprint density at radius 2 is 2.05 bits per heavy atom. The van der Waals surface area contributed by atoms with Crippen LogP contribution in [-0.4, -0.2) is 11.2 Å².